The second-order valence-corrected chi connectivity index (χ2v) is 5.53. The van der Waals surface area contributed by atoms with Gasteiger partial charge >= 0.3 is 0 Å². The van der Waals surface area contributed by atoms with Crippen LogP contribution in [0.1, 0.15) is 58.8 Å². The second kappa shape index (κ2) is 5.13. The largest absolute Gasteiger partial charge is 0.392 e. The van der Waals surface area contributed by atoms with Crippen LogP contribution in [0.5, 0.6) is 0 Å². The predicted octanol–water partition coefficient (Wildman–Crippen LogP) is 2.45. The van der Waals surface area contributed by atoms with Crippen LogP contribution in [0.15, 0.2) is 0 Å². The highest BCUT2D eigenvalue weighted by atomic mass is 16.3. The summed E-state index contributed by atoms with van der Waals surface area (Å²) in [6.45, 7) is 4.60. The summed E-state index contributed by atoms with van der Waals surface area (Å²) in [5.74, 6) is 0. The monoisotopic (exact) mass is 199 g/mol. The van der Waals surface area contributed by atoms with E-state index >= 15 is 0 Å². The Labute approximate surface area is 87.9 Å². The number of hydrogen-bond donors (Lipinski definition) is 2. The van der Waals surface area contributed by atoms with Crippen LogP contribution in [-0.4, -0.2) is 17.3 Å². The minimum atomic E-state index is -0.285. The number of aliphatic hydroxyl groups excluding tert-OH is 1. The lowest BCUT2D eigenvalue weighted by atomic mass is 9.80. The first-order valence-electron chi connectivity index (χ1n) is 5.95. The lowest BCUT2D eigenvalue weighted by molar-refractivity contribution is 0.105. The van der Waals surface area contributed by atoms with Crippen LogP contribution >= 0.6 is 0 Å². The summed E-state index contributed by atoms with van der Waals surface area (Å²) in [7, 11) is 0. The summed E-state index contributed by atoms with van der Waals surface area (Å²) in [5.41, 5.74) is 6.29. The molecule has 0 aromatic rings. The fraction of sp³-hybridized carbons (Fsp3) is 1.00. The first-order chi connectivity index (χ1) is 6.51. The molecule has 1 aliphatic carbocycles. The summed E-state index contributed by atoms with van der Waals surface area (Å²) < 4.78 is 0. The van der Waals surface area contributed by atoms with Crippen LogP contribution in [0, 0.1) is 5.41 Å². The van der Waals surface area contributed by atoms with Crippen molar-refractivity contribution in [3.05, 3.63) is 0 Å². The average molecular weight is 199 g/mol. The zero-order chi connectivity index (χ0) is 10.6. The first-order valence-corrected chi connectivity index (χ1v) is 5.95. The molecule has 0 heterocycles. The Morgan fingerprint density at radius 1 is 1.07 bits per heavy atom. The van der Waals surface area contributed by atoms with Gasteiger partial charge in [0, 0.05) is 6.04 Å². The minimum absolute atomic E-state index is 0.00361. The Morgan fingerprint density at radius 3 is 2.50 bits per heavy atom. The quantitative estimate of drug-likeness (QED) is 0.629. The molecule has 0 spiro atoms. The maximum Gasteiger partial charge on any atom is 0.0691 e. The van der Waals surface area contributed by atoms with Crippen molar-refractivity contribution in [3.63, 3.8) is 0 Å². The topological polar surface area (TPSA) is 46.2 Å². The van der Waals surface area contributed by atoms with E-state index in [0.717, 1.165) is 19.3 Å². The standard InChI is InChI=1S/C12H25NO/c1-12(2)8-5-3-4-6-10(13)11(14)7-9-12/h10-11,14H,3-9,13H2,1-2H3. The molecule has 0 saturated heterocycles. The normalized spacial score (nSPS) is 35.1. The van der Waals surface area contributed by atoms with E-state index in [1.165, 1.54) is 25.7 Å². The van der Waals surface area contributed by atoms with E-state index < -0.39 is 0 Å². The fourth-order valence-electron chi connectivity index (χ4n) is 2.23. The van der Waals surface area contributed by atoms with Crippen LogP contribution in [0.25, 0.3) is 0 Å². The van der Waals surface area contributed by atoms with Crippen molar-refractivity contribution in [3.8, 4) is 0 Å². The molecule has 2 nitrogen and oxygen atoms in total. The van der Waals surface area contributed by atoms with Crippen molar-refractivity contribution in [1.82, 2.24) is 0 Å². The van der Waals surface area contributed by atoms with Gasteiger partial charge in [-0.05, 0) is 31.1 Å². The number of aliphatic hydroxyl groups is 1. The van der Waals surface area contributed by atoms with E-state index in [2.05, 4.69) is 13.8 Å². The molecular weight excluding hydrogens is 174 g/mol. The van der Waals surface area contributed by atoms with Crippen LogP contribution in [0.2, 0.25) is 0 Å². The van der Waals surface area contributed by atoms with Gasteiger partial charge in [0.25, 0.3) is 0 Å². The molecule has 1 aliphatic rings. The van der Waals surface area contributed by atoms with Crippen LogP contribution in [0.4, 0.5) is 0 Å². The van der Waals surface area contributed by atoms with Gasteiger partial charge in [-0.3, -0.25) is 0 Å². The lowest BCUT2D eigenvalue weighted by Gasteiger charge is -2.29. The zero-order valence-electron chi connectivity index (χ0n) is 9.63. The summed E-state index contributed by atoms with van der Waals surface area (Å²) >= 11 is 0. The summed E-state index contributed by atoms with van der Waals surface area (Å²) in [6.07, 6.45) is 7.72. The highest BCUT2D eigenvalue weighted by molar-refractivity contribution is 4.78. The third kappa shape index (κ3) is 3.97. The maximum atomic E-state index is 9.81. The van der Waals surface area contributed by atoms with Gasteiger partial charge in [0.15, 0.2) is 0 Å². The molecule has 3 N–H and O–H groups in total. The van der Waals surface area contributed by atoms with Gasteiger partial charge in [0.2, 0.25) is 0 Å². The van der Waals surface area contributed by atoms with Gasteiger partial charge in [0.1, 0.15) is 0 Å². The lowest BCUT2D eigenvalue weighted by Crippen LogP contribution is -2.35. The summed E-state index contributed by atoms with van der Waals surface area (Å²) in [4.78, 5) is 0. The summed E-state index contributed by atoms with van der Waals surface area (Å²) in [6, 6.07) is 0.00361. The molecule has 2 unspecified atom stereocenters. The van der Waals surface area contributed by atoms with Gasteiger partial charge in [0.05, 0.1) is 6.10 Å². The van der Waals surface area contributed by atoms with Crippen LogP contribution in [-0.2, 0) is 0 Å². The Morgan fingerprint density at radius 2 is 1.79 bits per heavy atom. The SMILES string of the molecule is CC1(C)CCCCCC(N)C(O)CC1. The molecule has 0 amide bonds. The van der Waals surface area contributed by atoms with Gasteiger partial charge in [-0.15, -0.1) is 0 Å². The summed E-state index contributed by atoms with van der Waals surface area (Å²) in [5, 5.41) is 9.81. The molecule has 1 rings (SSSR count). The molecular formula is C12H25NO. The van der Waals surface area contributed by atoms with E-state index in [-0.39, 0.29) is 12.1 Å². The van der Waals surface area contributed by atoms with E-state index in [0.29, 0.717) is 5.41 Å². The molecule has 2 atom stereocenters. The molecule has 0 radical (unpaired) electrons. The highest BCUT2D eigenvalue weighted by Gasteiger charge is 2.23. The highest BCUT2D eigenvalue weighted by Crippen LogP contribution is 2.31. The smallest absolute Gasteiger partial charge is 0.0691 e. The first kappa shape index (κ1) is 12.0. The number of rotatable bonds is 0. The zero-order valence-corrected chi connectivity index (χ0v) is 9.63. The number of nitrogens with two attached hydrogens (primary N) is 1. The predicted molar refractivity (Wildman–Crippen MR) is 60.1 cm³/mol. The van der Waals surface area contributed by atoms with E-state index in [1.54, 1.807) is 0 Å². The van der Waals surface area contributed by atoms with E-state index in [4.69, 9.17) is 5.73 Å². The Bertz CT molecular complexity index is 168. The third-order valence-electron chi connectivity index (χ3n) is 3.50. The molecule has 0 aromatic carbocycles. The van der Waals surface area contributed by atoms with Gasteiger partial charge in [-0.1, -0.05) is 33.1 Å². The number of hydrogen-bond acceptors (Lipinski definition) is 2. The van der Waals surface area contributed by atoms with Crippen molar-refractivity contribution >= 4 is 0 Å². The van der Waals surface area contributed by atoms with Crippen LogP contribution in [0.3, 0.4) is 0 Å². The fourth-order valence-corrected chi connectivity index (χ4v) is 2.23. The van der Waals surface area contributed by atoms with Gasteiger partial charge in [-0.2, -0.15) is 0 Å². The van der Waals surface area contributed by atoms with Crippen molar-refractivity contribution < 1.29 is 5.11 Å². The Kier molecular flexibility index (Phi) is 4.39. The van der Waals surface area contributed by atoms with E-state index in [1.807, 2.05) is 0 Å². The molecule has 1 saturated carbocycles. The molecule has 2 heteroatoms. The molecule has 84 valence electrons. The molecule has 0 bridgehead atoms. The Balaban J connectivity index is 2.47. The van der Waals surface area contributed by atoms with Gasteiger partial charge in [-0.25, -0.2) is 0 Å². The second-order valence-electron chi connectivity index (χ2n) is 5.53. The van der Waals surface area contributed by atoms with E-state index in [9.17, 15) is 5.11 Å². The third-order valence-corrected chi connectivity index (χ3v) is 3.50. The molecule has 0 aromatic heterocycles. The van der Waals surface area contributed by atoms with Crippen molar-refractivity contribution in [2.24, 2.45) is 11.1 Å². The van der Waals surface area contributed by atoms with Crippen molar-refractivity contribution in [2.45, 2.75) is 70.9 Å². The maximum absolute atomic E-state index is 9.81. The van der Waals surface area contributed by atoms with Crippen LogP contribution < -0.4 is 5.73 Å². The van der Waals surface area contributed by atoms with Crippen molar-refractivity contribution in [2.75, 3.05) is 0 Å². The van der Waals surface area contributed by atoms with Crippen molar-refractivity contribution in [1.29, 1.82) is 0 Å². The average Bonchev–Trinajstić information content (AvgIpc) is 2.12. The van der Waals surface area contributed by atoms with Gasteiger partial charge < -0.3 is 10.8 Å². The molecule has 0 aliphatic heterocycles. The Hall–Kier alpha value is -0.0800. The molecule has 14 heavy (non-hydrogen) atoms. The molecule has 1 fully saturated rings. The minimum Gasteiger partial charge on any atom is -0.392 e.